The molecule has 1 rings (SSSR count). The first-order valence-corrected chi connectivity index (χ1v) is 4.42. The molecule has 0 saturated heterocycles. The zero-order valence-electron chi connectivity index (χ0n) is 7.92. The molecule has 0 aliphatic rings. The Morgan fingerprint density at radius 2 is 1.85 bits per heavy atom. The second-order valence-electron chi connectivity index (χ2n) is 2.94. The Morgan fingerprint density at radius 3 is 2.31 bits per heavy atom. The first kappa shape index (κ1) is 12.5. The number of nitrogens with two attached hydrogens (primary N) is 1. The quantitative estimate of drug-likeness (QED) is 0.632. The Bertz CT molecular complexity index is 221. The molecule has 3 N–H and O–H groups in total. The van der Waals surface area contributed by atoms with Crippen LogP contribution in [0.15, 0.2) is 24.3 Å². The zero-order chi connectivity index (χ0) is 8.81. The molecule has 0 unspecified atom stereocenters. The summed E-state index contributed by atoms with van der Waals surface area (Å²) in [4.78, 5) is 0. The molecule has 1 aromatic rings. The average Bonchev–Trinajstić information content (AvgIpc) is 2.15. The predicted octanol–water partition coefficient (Wildman–Crippen LogP) is 2.89. The molecule has 0 bridgehead atoms. The van der Waals surface area contributed by atoms with Crippen LogP contribution in [0.1, 0.15) is 25.3 Å². The van der Waals surface area contributed by atoms with E-state index in [9.17, 15) is 0 Å². The molecule has 0 aliphatic carbocycles. The number of aryl methyl sites for hydroxylation is 1. The predicted molar refractivity (Wildman–Crippen MR) is 63.2 cm³/mol. The fourth-order valence-corrected chi connectivity index (χ4v) is 1.15. The lowest BCUT2D eigenvalue weighted by Gasteiger charge is -2.02. The van der Waals surface area contributed by atoms with Gasteiger partial charge in [-0.1, -0.05) is 25.5 Å². The number of nitrogens with one attached hydrogen (secondary N) is 1. The van der Waals surface area contributed by atoms with Gasteiger partial charge in [0, 0.05) is 5.69 Å². The number of benzene rings is 1. The van der Waals surface area contributed by atoms with Gasteiger partial charge in [0.2, 0.25) is 0 Å². The summed E-state index contributed by atoms with van der Waals surface area (Å²) in [5.41, 5.74) is 4.96. The molecule has 0 saturated carbocycles. The van der Waals surface area contributed by atoms with E-state index in [0.29, 0.717) is 0 Å². The molecule has 0 aromatic heterocycles. The zero-order valence-corrected chi connectivity index (χ0v) is 9.63. The minimum Gasteiger partial charge on any atom is -0.324 e. The van der Waals surface area contributed by atoms with Gasteiger partial charge >= 0.3 is 0 Å². The molecule has 0 fully saturated rings. The van der Waals surface area contributed by atoms with Crippen LogP contribution in [0, 0.1) is 0 Å². The second kappa shape index (κ2) is 6.92. The van der Waals surface area contributed by atoms with Crippen molar-refractivity contribution in [2.45, 2.75) is 26.2 Å². The lowest BCUT2D eigenvalue weighted by atomic mass is 10.1. The lowest BCUT2D eigenvalue weighted by molar-refractivity contribution is 0.795. The third-order valence-corrected chi connectivity index (χ3v) is 1.94. The molecular weight excluding hydrogens is 228 g/mol. The smallest absolute Gasteiger partial charge is 0.0485 e. The normalized spacial score (nSPS) is 9.08. The van der Waals surface area contributed by atoms with Gasteiger partial charge in [0.05, 0.1) is 0 Å². The number of hydrogen-bond donors (Lipinski definition) is 2. The Balaban J connectivity index is 0.00000144. The number of nitrogen functional groups attached to an aromatic ring is 1. The Kier molecular flexibility index (Phi) is 6.63. The Morgan fingerprint density at radius 1 is 1.23 bits per heavy atom. The third kappa shape index (κ3) is 4.29. The number of hydrazine groups is 1. The van der Waals surface area contributed by atoms with E-state index in [-0.39, 0.29) is 17.0 Å². The van der Waals surface area contributed by atoms with E-state index in [2.05, 4.69) is 24.5 Å². The third-order valence-electron chi connectivity index (χ3n) is 1.94. The summed E-state index contributed by atoms with van der Waals surface area (Å²) >= 11 is 0. The molecule has 1 aromatic carbocycles. The molecule has 13 heavy (non-hydrogen) atoms. The van der Waals surface area contributed by atoms with Crippen molar-refractivity contribution in [3.05, 3.63) is 29.8 Å². The first-order valence-electron chi connectivity index (χ1n) is 4.42. The fraction of sp³-hybridized carbons (Fsp3) is 0.400. The average molecular weight is 245 g/mol. The van der Waals surface area contributed by atoms with Crippen molar-refractivity contribution in [3.8, 4) is 0 Å². The van der Waals surface area contributed by atoms with E-state index in [1.807, 2.05) is 12.1 Å². The minimum atomic E-state index is 0. The number of rotatable bonds is 4. The van der Waals surface area contributed by atoms with Crippen LogP contribution < -0.4 is 11.3 Å². The van der Waals surface area contributed by atoms with Crippen LogP contribution in [-0.2, 0) is 6.42 Å². The van der Waals surface area contributed by atoms with Crippen molar-refractivity contribution < 1.29 is 0 Å². The van der Waals surface area contributed by atoms with Gasteiger partial charge in [0.1, 0.15) is 0 Å². The molecule has 74 valence electrons. The number of hydrogen-bond acceptors (Lipinski definition) is 2. The summed E-state index contributed by atoms with van der Waals surface area (Å²) in [7, 11) is 0. The van der Waals surface area contributed by atoms with E-state index in [1.165, 1.54) is 24.8 Å². The lowest BCUT2D eigenvalue weighted by Crippen LogP contribution is -2.06. The van der Waals surface area contributed by atoms with Gasteiger partial charge in [-0.2, -0.15) is 0 Å². The monoisotopic (exact) mass is 244 g/mol. The van der Waals surface area contributed by atoms with Crippen LogP contribution in [0.5, 0.6) is 0 Å². The van der Waals surface area contributed by atoms with Gasteiger partial charge < -0.3 is 5.43 Å². The van der Waals surface area contributed by atoms with Gasteiger partial charge in [-0.25, -0.2) is 0 Å². The van der Waals surface area contributed by atoms with Gasteiger partial charge in [0.25, 0.3) is 0 Å². The topological polar surface area (TPSA) is 38.0 Å². The summed E-state index contributed by atoms with van der Waals surface area (Å²) < 4.78 is 0. The maximum Gasteiger partial charge on any atom is 0.0485 e. The van der Waals surface area contributed by atoms with Gasteiger partial charge in [0.15, 0.2) is 0 Å². The molecule has 0 radical (unpaired) electrons. The van der Waals surface area contributed by atoms with Crippen molar-refractivity contribution in [1.29, 1.82) is 0 Å². The van der Waals surface area contributed by atoms with Crippen LogP contribution in [0.3, 0.4) is 0 Å². The Hall–Kier alpha value is -0.540. The van der Waals surface area contributed by atoms with Crippen LogP contribution in [0.2, 0.25) is 0 Å². The van der Waals surface area contributed by atoms with Crippen LogP contribution in [0.4, 0.5) is 5.69 Å². The molecule has 0 aliphatic heterocycles. The standard InChI is InChI=1S/C10H16N2.BrH/c1-2-3-4-9-5-7-10(12-11)8-6-9;/h5-8,12H,2-4,11H2,1H3;1H. The SMILES string of the molecule is Br.CCCCc1ccc(NN)cc1. The van der Waals surface area contributed by atoms with Gasteiger partial charge in [-0.15, -0.1) is 17.0 Å². The van der Waals surface area contributed by atoms with Crippen molar-refractivity contribution >= 4 is 22.7 Å². The summed E-state index contributed by atoms with van der Waals surface area (Å²) in [5, 5.41) is 0. The highest BCUT2D eigenvalue weighted by Gasteiger charge is 1.91. The summed E-state index contributed by atoms with van der Waals surface area (Å²) in [6, 6.07) is 8.24. The Labute approximate surface area is 90.3 Å². The van der Waals surface area contributed by atoms with Crippen LogP contribution in [-0.4, -0.2) is 0 Å². The maximum atomic E-state index is 5.25. The molecule has 3 heteroatoms. The highest BCUT2D eigenvalue weighted by Crippen LogP contribution is 2.10. The number of anilines is 1. The molecule has 0 spiro atoms. The van der Waals surface area contributed by atoms with E-state index in [1.54, 1.807) is 0 Å². The van der Waals surface area contributed by atoms with Crippen LogP contribution in [0.25, 0.3) is 0 Å². The minimum absolute atomic E-state index is 0. The van der Waals surface area contributed by atoms with Crippen molar-refractivity contribution in [2.75, 3.05) is 5.43 Å². The molecule has 0 amide bonds. The molecular formula is C10H17BrN2. The van der Waals surface area contributed by atoms with Crippen molar-refractivity contribution in [2.24, 2.45) is 5.84 Å². The molecule has 2 nitrogen and oxygen atoms in total. The largest absolute Gasteiger partial charge is 0.324 e. The summed E-state index contributed by atoms with van der Waals surface area (Å²) in [5.74, 6) is 5.25. The summed E-state index contributed by atoms with van der Waals surface area (Å²) in [6.45, 7) is 2.20. The van der Waals surface area contributed by atoms with Gasteiger partial charge in [-0.05, 0) is 30.5 Å². The number of halogens is 1. The highest BCUT2D eigenvalue weighted by molar-refractivity contribution is 8.93. The molecule has 0 heterocycles. The number of unbranched alkanes of at least 4 members (excludes halogenated alkanes) is 1. The molecule has 0 atom stereocenters. The van der Waals surface area contributed by atoms with Crippen molar-refractivity contribution in [1.82, 2.24) is 0 Å². The van der Waals surface area contributed by atoms with Gasteiger partial charge in [-0.3, -0.25) is 5.84 Å². The first-order chi connectivity index (χ1) is 5.86. The second-order valence-corrected chi connectivity index (χ2v) is 2.94. The van der Waals surface area contributed by atoms with Crippen molar-refractivity contribution in [3.63, 3.8) is 0 Å². The fourth-order valence-electron chi connectivity index (χ4n) is 1.15. The van der Waals surface area contributed by atoms with E-state index in [0.717, 1.165) is 5.69 Å². The van der Waals surface area contributed by atoms with E-state index >= 15 is 0 Å². The summed E-state index contributed by atoms with van der Waals surface area (Å²) in [6.07, 6.45) is 3.67. The van der Waals surface area contributed by atoms with Crippen LogP contribution >= 0.6 is 17.0 Å². The maximum absolute atomic E-state index is 5.25. The van der Waals surface area contributed by atoms with E-state index < -0.39 is 0 Å². The highest BCUT2D eigenvalue weighted by atomic mass is 79.9. The van der Waals surface area contributed by atoms with E-state index in [4.69, 9.17) is 5.84 Å².